The van der Waals surface area contributed by atoms with Gasteiger partial charge in [0.05, 0.1) is 0 Å². The third-order valence-corrected chi connectivity index (χ3v) is 6.07. The quantitative estimate of drug-likeness (QED) is 0.388. The van der Waals surface area contributed by atoms with Crippen LogP contribution in [0.1, 0.15) is 40.7 Å². The minimum Gasteiger partial charge on any atom is -0.298 e. The van der Waals surface area contributed by atoms with Crippen LogP contribution >= 0.6 is 0 Å². The molecule has 0 saturated carbocycles. The highest BCUT2D eigenvalue weighted by Crippen LogP contribution is 2.38. The van der Waals surface area contributed by atoms with Crippen molar-refractivity contribution >= 4 is 17.7 Å². The van der Waals surface area contributed by atoms with Crippen molar-refractivity contribution in [2.24, 2.45) is 0 Å². The molecule has 3 aromatic rings. The fourth-order valence-electron chi connectivity index (χ4n) is 4.54. The number of halogens is 1. The van der Waals surface area contributed by atoms with Gasteiger partial charge < -0.3 is 0 Å². The molecule has 1 aliphatic carbocycles. The lowest BCUT2D eigenvalue weighted by Gasteiger charge is -2.30. The third-order valence-electron chi connectivity index (χ3n) is 6.07. The molecule has 1 saturated heterocycles. The lowest BCUT2D eigenvalue weighted by atomic mass is 9.86. The zero-order valence-corrected chi connectivity index (χ0v) is 16.4. The predicted octanol–water partition coefficient (Wildman–Crippen LogP) is 6.41. The number of fused-ring (bicyclic) bond motifs is 2. The van der Waals surface area contributed by atoms with E-state index < -0.39 is 0 Å². The number of rotatable bonds is 2. The molecule has 1 heterocycles. The van der Waals surface area contributed by atoms with Gasteiger partial charge in [0.1, 0.15) is 5.82 Å². The minimum atomic E-state index is -0.102. The highest BCUT2D eigenvalue weighted by atomic mass is 19.1. The van der Waals surface area contributed by atoms with Gasteiger partial charge in [0.25, 0.3) is 0 Å². The number of nitrogens with zero attached hydrogens (tertiary/aromatic N) is 1. The van der Waals surface area contributed by atoms with Crippen molar-refractivity contribution in [3.05, 3.63) is 112 Å². The van der Waals surface area contributed by atoms with Crippen molar-refractivity contribution in [2.75, 3.05) is 13.1 Å². The molecule has 0 amide bonds. The van der Waals surface area contributed by atoms with E-state index in [2.05, 4.69) is 65.6 Å². The Morgan fingerprint density at radius 2 is 1.24 bits per heavy atom. The smallest absolute Gasteiger partial charge is 0.127 e. The minimum absolute atomic E-state index is 0.102. The molecule has 1 fully saturated rings. The second-order valence-electron chi connectivity index (χ2n) is 7.85. The van der Waals surface area contributed by atoms with E-state index in [0.29, 0.717) is 6.54 Å². The molecule has 0 atom stereocenters. The average Bonchev–Trinajstić information content (AvgIpc) is 2.93. The molecule has 0 radical (unpaired) electrons. The van der Waals surface area contributed by atoms with E-state index in [1.807, 2.05) is 12.1 Å². The molecule has 3 aromatic carbocycles. The third kappa shape index (κ3) is 3.56. The number of hydrogen-bond donors (Lipinski definition) is 0. The van der Waals surface area contributed by atoms with Crippen molar-refractivity contribution < 1.29 is 4.39 Å². The SMILES string of the molecule is Fc1ccccc1CN1CCC(=C2c3ccccc3C=Cc3ccccc32)CC1. The molecule has 1 nitrogen and oxygen atoms in total. The molecule has 0 spiro atoms. The first-order valence-electron chi connectivity index (χ1n) is 10.3. The van der Waals surface area contributed by atoms with Gasteiger partial charge in [0.2, 0.25) is 0 Å². The standard InChI is InChI=1S/C27H24FN/c28-26-12-6-3-9-23(26)19-29-17-15-22(16-18-29)27-24-10-4-1-7-20(24)13-14-21-8-2-5-11-25(21)27/h1-14H,15-19H2. The zero-order valence-electron chi connectivity index (χ0n) is 16.4. The van der Waals surface area contributed by atoms with Crippen molar-refractivity contribution in [3.63, 3.8) is 0 Å². The molecule has 5 rings (SSSR count). The Balaban J connectivity index is 1.48. The second-order valence-corrected chi connectivity index (χ2v) is 7.85. The zero-order chi connectivity index (χ0) is 19.6. The topological polar surface area (TPSA) is 3.24 Å². The lowest BCUT2D eigenvalue weighted by molar-refractivity contribution is 0.245. The molecule has 0 aromatic heterocycles. The van der Waals surface area contributed by atoms with E-state index in [0.717, 1.165) is 31.5 Å². The summed E-state index contributed by atoms with van der Waals surface area (Å²) in [5.41, 5.74) is 8.90. The Bertz CT molecular complexity index is 1050. The molecular weight excluding hydrogens is 357 g/mol. The first-order valence-corrected chi connectivity index (χ1v) is 10.3. The van der Waals surface area contributed by atoms with Gasteiger partial charge in [0, 0.05) is 25.2 Å². The van der Waals surface area contributed by atoms with Crippen LogP contribution < -0.4 is 0 Å². The molecule has 29 heavy (non-hydrogen) atoms. The van der Waals surface area contributed by atoms with Gasteiger partial charge in [0.15, 0.2) is 0 Å². The number of piperidine rings is 1. The van der Waals surface area contributed by atoms with E-state index in [-0.39, 0.29) is 5.82 Å². The van der Waals surface area contributed by atoms with Gasteiger partial charge >= 0.3 is 0 Å². The summed E-state index contributed by atoms with van der Waals surface area (Å²) in [6.45, 7) is 2.61. The summed E-state index contributed by atoms with van der Waals surface area (Å²) in [6.07, 6.45) is 6.50. The van der Waals surface area contributed by atoms with E-state index in [1.54, 1.807) is 12.1 Å². The summed E-state index contributed by atoms with van der Waals surface area (Å²) in [6, 6.07) is 24.5. The maximum atomic E-state index is 14.0. The number of likely N-dealkylation sites (tertiary alicyclic amines) is 1. The maximum absolute atomic E-state index is 14.0. The predicted molar refractivity (Wildman–Crippen MR) is 119 cm³/mol. The Morgan fingerprint density at radius 3 is 1.86 bits per heavy atom. The normalized spacial score (nSPS) is 16.3. The van der Waals surface area contributed by atoms with Gasteiger partial charge in [-0.3, -0.25) is 4.90 Å². The van der Waals surface area contributed by atoms with Gasteiger partial charge in [-0.25, -0.2) is 4.39 Å². The summed E-state index contributed by atoms with van der Waals surface area (Å²) >= 11 is 0. The Hall–Kier alpha value is -2.97. The van der Waals surface area contributed by atoms with Gasteiger partial charge in [-0.15, -0.1) is 0 Å². The molecular formula is C27H24FN. The lowest BCUT2D eigenvalue weighted by Crippen LogP contribution is -2.31. The van der Waals surface area contributed by atoms with Crippen LogP contribution in [-0.4, -0.2) is 18.0 Å². The van der Waals surface area contributed by atoms with Gasteiger partial charge in [-0.05, 0) is 46.7 Å². The summed E-state index contributed by atoms with van der Waals surface area (Å²) < 4.78 is 14.0. The summed E-state index contributed by atoms with van der Waals surface area (Å²) in [7, 11) is 0. The van der Waals surface area contributed by atoms with Crippen LogP contribution in [0.4, 0.5) is 4.39 Å². The largest absolute Gasteiger partial charge is 0.298 e. The molecule has 0 bridgehead atoms. The van der Waals surface area contributed by atoms with Crippen LogP contribution in [0, 0.1) is 5.82 Å². The van der Waals surface area contributed by atoms with E-state index in [9.17, 15) is 4.39 Å². The number of hydrogen-bond acceptors (Lipinski definition) is 1. The highest BCUT2D eigenvalue weighted by Gasteiger charge is 2.22. The molecule has 0 N–H and O–H groups in total. The first kappa shape index (κ1) is 18.1. The van der Waals surface area contributed by atoms with Gasteiger partial charge in [-0.1, -0.05) is 84.5 Å². The van der Waals surface area contributed by atoms with E-state index >= 15 is 0 Å². The monoisotopic (exact) mass is 381 g/mol. The van der Waals surface area contributed by atoms with Crippen LogP contribution in [0.15, 0.2) is 78.4 Å². The molecule has 0 unspecified atom stereocenters. The average molecular weight is 381 g/mol. The van der Waals surface area contributed by atoms with Crippen LogP contribution in [-0.2, 0) is 6.54 Å². The number of benzene rings is 3. The van der Waals surface area contributed by atoms with Crippen molar-refractivity contribution in [1.29, 1.82) is 0 Å². The van der Waals surface area contributed by atoms with Crippen LogP contribution in [0.25, 0.3) is 17.7 Å². The molecule has 144 valence electrons. The Morgan fingerprint density at radius 1 is 0.690 bits per heavy atom. The molecule has 2 heteroatoms. The fraction of sp³-hybridized carbons (Fsp3) is 0.185. The highest BCUT2D eigenvalue weighted by molar-refractivity contribution is 5.94. The molecule has 2 aliphatic rings. The van der Waals surface area contributed by atoms with Crippen molar-refractivity contribution in [3.8, 4) is 0 Å². The Kier molecular flexibility index (Phi) is 4.87. The second kappa shape index (κ2) is 7.81. The Labute approximate surface area is 171 Å². The van der Waals surface area contributed by atoms with E-state index in [1.165, 1.54) is 33.4 Å². The fourth-order valence-corrected chi connectivity index (χ4v) is 4.54. The molecule has 1 aliphatic heterocycles. The first-order chi connectivity index (χ1) is 14.3. The van der Waals surface area contributed by atoms with Gasteiger partial charge in [-0.2, -0.15) is 0 Å². The van der Waals surface area contributed by atoms with Crippen LogP contribution in [0.3, 0.4) is 0 Å². The maximum Gasteiger partial charge on any atom is 0.127 e. The summed E-state index contributed by atoms with van der Waals surface area (Å²) in [4.78, 5) is 2.37. The van der Waals surface area contributed by atoms with Crippen molar-refractivity contribution in [1.82, 2.24) is 4.90 Å². The van der Waals surface area contributed by atoms with Crippen molar-refractivity contribution in [2.45, 2.75) is 19.4 Å². The summed E-state index contributed by atoms with van der Waals surface area (Å²) in [5, 5.41) is 0. The van der Waals surface area contributed by atoms with Crippen LogP contribution in [0.2, 0.25) is 0 Å². The van der Waals surface area contributed by atoms with Crippen LogP contribution in [0.5, 0.6) is 0 Å². The van der Waals surface area contributed by atoms with E-state index in [4.69, 9.17) is 0 Å². The summed E-state index contributed by atoms with van der Waals surface area (Å²) in [5.74, 6) is -0.102.